The molecule has 1 aromatic rings. The molecule has 80 valence electrons. The molecule has 15 heavy (non-hydrogen) atoms. The van der Waals surface area contributed by atoms with E-state index in [2.05, 4.69) is 11.9 Å². The lowest BCUT2D eigenvalue weighted by Crippen LogP contribution is -2.03. The summed E-state index contributed by atoms with van der Waals surface area (Å²) in [6, 6.07) is 4.80. The smallest absolute Gasteiger partial charge is 0.310 e. The van der Waals surface area contributed by atoms with Gasteiger partial charge in [-0.25, -0.2) is 0 Å². The SMILES string of the molecule is C=CCCNc1cccc(Cl)c1[N+](=O)[O-]. The molecule has 0 radical (unpaired) electrons. The molecule has 0 bridgehead atoms. The van der Waals surface area contributed by atoms with Crippen molar-refractivity contribution in [3.05, 3.63) is 46.0 Å². The van der Waals surface area contributed by atoms with Crippen LogP contribution in [0.25, 0.3) is 0 Å². The molecule has 4 nitrogen and oxygen atoms in total. The van der Waals surface area contributed by atoms with Crippen LogP contribution in [0.5, 0.6) is 0 Å². The van der Waals surface area contributed by atoms with Crippen LogP contribution in [0.15, 0.2) is 30.9 Å². The Hall–Kier alpha value is -1.55. The number of para-hydroxylation sites is 1. The average Bonchev–Trinajstić information content (AvgIpc) is 2.17. The Kier molecular flexibility index (Phi) is 4.12. The summed E-state index contributed by atoms with van der Waals surface area (Å²) in [4.78, 5) is 10.2. The topological polar surface area (TPSA) is 55.2 Å². The van der Waals surface area contributed by atoms with Gasteiger partial charge in [-0.05, 0) is 18.6 Å². The van der Waals surface area contributed by atoms with Crippen LogP contribution in [0.4, 0.5) is 11.4 Å². The van der Waals surface area contributed by atoms with Crippen molar-refractivity contribution in [3.63, 3.8) is 0 Å². The fraction of sp³-hybridized carbons (Fsp3) is 0.200. The van der Waals surface area contributed by atoms with Crippen LogP contribution in [0.3, 0.4) is 0 Å². The Morgan fingerprint density at radius 2 is 2.33 bits per heavy atom. The molecule has 0 unspecified atom stereocenters. The van der Waals surface area contributed by atoms with Crippen molar-refractivity contribution in [2.24, 2.45) is 0 Å². The summed E-state index contributed by atoms with van der Waals surface area (Å²) < 4.78 is 0. The molecule has 0 aliphatic carbocycles. The molecule has 5 heteroatoms. The maximum atomic E-state index is 10.7. The van der Waals surface area contributed by atoms with E-state index in [4.69, 9.17) is 11.6 Å². The lowest BCUT2D eigenvalue weighted by Gasteiger charge is -2.06. The predicted molar refractivity (Wildman–Crippen MR) is 61.4 cm³/mol. The first-order valence-electron chi connectivity index (χ1n) is 4.44. The lowest BCUT2D eigenvalue weighted by molar-refractivity contribution is -0.383. The van der Waals surface area contributed by atoms with Gasteiger partial charge in [0.1, 0.15) is 10.7 Å². The second-order valence-electron chi connectivity index (χ2n) is 2.90. The van der Waals surface area contributed by atoms with Crippen LogP contribution in [0.2, 0.25) is 5.02 Å². The van der Waals surface area contributed by atoms with Gasteiger partial charge in [-0.1, -0.05) is 23.7 Å². The van der Waals surface area contributed by atoms with Gasteiger partial charge in [-0.2, -0.15) is 0 Å². The van der Waals surface area contributed by atoms with Gasteiger partial charge < -0.3 is 5.32 Å². The highest BCUT2D eigenvalue weighted by molar-refractivity contribution is 6.33. The van der Waals surface area contributed by atoms with E-state index in [-0.39, 0.29) is 10.7 Å². The first-order valence-corrected chi connectivity index (χ1v) is 4.82. The molecule has 1 rings (SSSR count). The maximum Gasteiger partial charge on any atom is 0.310 e. The number of rotatable bonds is 5. The highest BCUT2D eigenvalue weighted by Crippen LogP contribution is 2.31. The summed E-state index contributed by atoms with van der Waals surface area (Å²) in [6.07, 6.45) is 2.48. The van der Waals surface area contributed by atoms with Crippen molar-refractivity contribution >= 4 is 23.0 Å². The summed E-state index contributed by atoms with van der Waals surface area (Å²) in [5.74, 6) is 0. The number of hydrogen-bond donors (Lipinski definition) is 1. The summed E-state index contributed by atoms with van der Waals surface area (Å²) in [5, 5.41) is 13.8. The number of nitro groups is 1. The zero-order valence-electron chi connectivity index (χ0n) is 8.07. The van der Waals surface area contributed by atoms with E-state index in [1.807, 2.05) is 0 Å². The third-order valence-electron chi connectivity index (χ3n) is 1.83. The van der Waals surface area contributed by atoms with E-state index in [0.717, 1.165) is 6.42 Å². The average molecular weight is 227 g/mol. The van der Waals surface area contributed by atoms with Crippen molar-refractivity contribution < 1.29 is 4.92 Å². The highest BCUT2D eigenvalue weighted by atomic mass is 35.5. The van der Waals surface area contributed by atoms with Crippen molar-refractivity contribution in [1.82, 2.24) is 0 Å². The molecule has 0 fully saturated rings. The van der Waals surface area contributed by atoms with Crippen LogP contribution in [0.1, 0.15) is 6.42 Å². The van der Waals surface area contributed by atoms with Gasteiger partial charge in [0, 0.05) is 6.54 Å². The number of nitro benzene ring substituents is 1. The molecule has 0 aliphatic heterocycles. The van der Waals surface area contributed by atoms with Crippen molar-refractivity contribution in [2.75, 3.05) is 11.9 Å². The van der Waals surface area contributed by atoms with Crippen LogP contribution in [0, 0.1) is 10.1 Å². The molecule has 0 heterocycles. The molecule has 0 amide bonds. The van der Waals surface area contributed by atoms with E-state index < -0.39 is 4.92 Å². The van der Waals surface area contributed by atoms with E-state index in [1.54, 1.807) is 18.2 Å². The minimum absolute atomic E-state index is 0.0803. The first-order chi connectivity index (χ1) is 7.16. The number of nitrogens with zero attached hydrogens (tertiary/aromatic N) is 1. The first kappa shape index (κ1) is 11.5. The van der Waals surface area contributed by atoms with Gasteiger partial charge in [0.15, 0.2) is 0 Å². The Labute approximate surface area is 92.7 Å². The normalized spacial score (nSPS) is 9.67. The molecular formula is C10H11ClN2O2. The molecular weight excluding hydrogens is 216 g/mol. The monoisotopic (exact) mass is 226 g/mol. The van der Waals surface area contributed by atoms with Crippen LogP contribution in [-0.2, 0) is 0 Å². The zero-order chi connectivity index (χ0) is 11.3. The minimum atomic E-state index is -0.488. The van der Waals surface area contributed by atoms with Gasteiger partial charge in [-0.15, -0.1) is 6.58 Å². The number of benzene rings is 1. The molecule has 0 saturated carbocycles. The molecule has 0 aliphatic rings. The summed E-state index contributed by atoms with van der Waals surface area (Å²) in [7, 11) is 0. The second-order valence-corrected chi connectivity index (χ2v) is 3.30. The van der Waals surface area contributed by atoms with Gasteiger partial charge >= 0.3 is 5.69 Å². The van der Waals surface area contributed by atoms with Gasteiger partial charge in [0.25, 0.3) is 0 Å². The van der Waals surface area contributed by atoms with Crippen LogP contribution >= 0.6 is 11.6 Å². The minimum Gasteiger partial charge on any atom is -0.379 e. The Balaban J connectivity index is 2.90. The molecule has 1 aromatic carbocycles. The molecule has 0 saturated heterocycles. The second kappa shape index (κ2) is 5.36. The molecule has 0 aromatic heterocycles. The zero-order valence-corrected chi connectivity index (χ0v) is 8.83. The fourth-order valence-corrected chi connectivity index (χ4v) is 1.40. The number of hydrogen-bond acceptors (Lipinski definition) is 3. The Bertz CT molecular complexity index is 380. The standard InChI is InChI=1S/C10H11ClN2O2/c1-2-3-7-12-9-6-4-5-8(11)10(9)13(14)15/h2,4-6,12H,1,3,7H2. The van der Waals surface area contributed by atoms with Crippen LogP contribution < -0.4 is 5.32 Å². The largest absolute Gasteiger partial charge is 0.379 e. The van der Waals surface area contributed by atoms with E-state index in [9.17, 15) is 10.1 Å². The van der Waals surface area contributed by atoms with Crippen molar-refractivity contribution in [1.29, 1.82) is 0 Å². The molecule has 0 atom stereocenters. The fourth-order valence-electron chi connectivity index (χ4n) is 1.15. The summed E-state index contributed by atoms with van der Waals surface area (Å²) in [5.41, 5.74) is 0.359. The van der Waals surface area contributed by atoms with E-state index in [1.165, 1.54) is 6.07 Å². The lowest BCUT2D eigenvalue weighted by atomic mass is 10.2. The summed E-state index contributed by atoms with van der Waals surface area (Å²) >= 11 is 5.74. The van der Waals surface area contributed by atoms with Gasteiger partial charge in [-0.3, -0.25) is 10.1 Å². The summed E-state index contributed by atoms with van der Waals surface area (Å²) in [6.45, 7) is 4.17. The highest BCUT2D eigenvalue weighted by Gasteiger charge is 2.17. The number of halogens is 1. The third-order valence-corrected chi connectivity index (χ3v) is 2.14. The number of anilines is 1. The molecule has 0 spiro atoms. The van der Waals surface area contributed by atoms with Gasteiger partial charge in [0.2, 0.25) is 0 Å². The molecule has 1 N–H and O–H groups in total. The predicted octanol–water partition coefficient (Wildman–Crippen LogP) is 3.24. The van der Waals surface area contributed by atoms with Crippen molar-refractivity contribution in [3.8, 4) is 0 Å². The van der Waals surface area contributed by atoms with Crippen molar-refractivity contribution in [2.45, 2.75) is 6.42 Å². The third kappa shape index (κ3) is 2.95. The van der Waals surface area contributed by atoms with E-state index >= 15 is 0 Å². The van der Waals surface area contributed by atoms with Gasteiger partial charge in [0.05, 0.1) is 4.92 Å². The van der Waals surface area contributed by atoms with Crippen LogP contribution in [-0.4, -0.2) is 11.5 Å². The van der Waals surface area contributed by atoms with E-state index in [0.29, 0.717) is 12.2 Å². The Morgan fingerprint density at radius 1 is 1.60 bits per heavy atom. The Morgan fingerprint density at radius 3 is 2.93 bits per heavy atom. The number of nitrogens with one attached hydrogen (secondary N) is 1. The quantitative estimate of drug-likeness (QED) is 0.363. The maximum absolute atomic E-state index is 10.7.